The third-order valence-corrected chi connectivity index (χ3v) is 5.43. The van der Waals surface area contributed by atoms with Gasteiger partial charge in [-0.05, 0) is 25.8 Å². The molecule has 0 aliphatic carbocycles. The van der Waals surface area contributed by atoms with E-state index in [0.29, 0.717) is 13.0 Å². The van der Waals surface area contributed by atoms with E-state index in [-0.39, 0.29) is 18.0 Å². The zero-order chi connectivity index (χ0) is 17.0. The highest BCUT2D eigenvalue weighted by Crippen LogP contribution is 2.43. The van der Waals surface area contributed by atoms with Crippen molar-refractivity contribution in [2.45, 2.75) is 51.2 Å². The molecule has 0 spiro atoms. The third-order valence-electron chi connectivity index (χ3n) is 5.43. The van der Waals surface area contributed by atoms with Gasteiger partial charge in [-0.15, -0.1) is 0 Å². The van der Waals surface area contributed by atoms with Gasteiger partial charge in [-0.1, -0.05) is 0 Å². The molecule has 1 amide bonds. The molecule has 3 aromatic rings. The predicted molar refractivity (Wildman–Crippen MR) is 90.9 cm³/mol. The van der Waals surface area contributed by atoms with Crippen molar-refractivity contribution in [1.82, 2.24) is 29.3 Å². The number of aryl methyl sites for hydroxylation is 2. The van der Waals surface area contributed by atoms with Gasteiger partial charge in [0.1, 0.15) is 0 Å². The maximum absolute atomic E-state index is 12.9. The zero-order valence-electron chi connectivity index (χ0n) is 14.2. The first-order valence-corrected chi connectivity index (χ1v) is 8.83. The summed E-state index contributed by atoms with van der Waals surface area (Å²) >= 11 is 0. The van der Waals surface area contributed by atoms with Crippen LogP contribution >= 0.6 is 0 Å². The Morgan fingerprint density at radius 1 is 1.36 bits per heavy atom. The molecule has 7 nitrogen and oxygen atoms in total. The molecule has 3 aromatic heterocycles. The molecule has 0 radical (unpaired) electrons. The molecule has 1 fully saturated rings. The monoisotopic (exact) mass is 336 g/mol. The first kappa shape index (κ1) is 14.6. The first-order chi connectivity index (χ1) is 12.2. The van der Waals surface area contributed by atoms with Crippen LogP contribution in [0.4, 0.5) is 0 Å². The van der Waals surface area contributed by atoms with Gasteiger partial charge in [-0.3, -0.25) is 9.48 Å². The van der Waals surface area contributed by atoms with E-state index in [0.717, 1.165) is 36.2 Å². The molecular weight excluding hydrogens is 316 g/mol. The Kier molecular flexibility index (Phi) is 3.16. The van der Waals surface area contributed by atoms with E-state index in [2.05, 4.69) is 20.1 Å². The lowest BCUT2D eigenvalue weighted by molar-refractivity contribution is -0.135. The highest BCUT2D eigenvalue weighted by atomic mass is 16.2. The van der Waals surface area contributed by atoms with E-state index < -0.39 is 0 Å². The molecule has 5 rings (SSSR count). The largest absolute Gasteiger partial charge is 0.332 e. The Bertz CT molecular complexity index is 944. The lowest BCUT2D eigenvalue weighted by Gasteiger charge is -2.36. The highest BCUT2D eigenvalue weighted by molar-refractivity contribution is 5.78. The predicted octanol–water partition coefficient (Wildman–Crippen LogP) is 1.91. The summed E-state index contributed by atoms with van der Waals surface area (Å²) in [6.45, 7) is 2.62. The second-order valence-electron chi connectivity index (χ2n) is 6.99. The summed E-state index contributed by atoms with van der Waals surface area (Å²) in [6, 6.07) is 4.30. The SMILES string of the molecule is Cc1cc2ncc3c(n2n1)C[C@@H]1CC[C@H]3N1C(=O)CCn1cccn1. The summed E-state index contributed by atoms with van der Waals surface area (Å²) in [7, 11) is 0. The van der Waals surface area contributed by atoms with Crippen LogP contribution < -0.4 is 0 Å². The highest BCUT2D eigenvalue weighted by Gasteiger charge is 2.43. The van der Waals surface area contributed by atoms with Gasteiger partial charge in [0.25, 0.3) is 0 Å². The van der Waals surface area contributed by atoms with Gasteiger partial charge in [0.15, 0.2) is 5.65 Å². The molecule has 25 heavy (non-hydrogen) atoms. The summed E-state index contributed by atoms with van der Waals surface area (Å²) in [4.78, 5) is 19.5. The van der Waals surface area contributed by atoms with E-state index in [9.17, 15) is 4.79 Å². The number of carbonyl (C=O) groups excluding carboxylic acids is 1. The average molecular weight is 336 g/mol. The number of carbonyl (C=O) groups is 1. The Morgan fingerprint density at radius 2 is 2.28 bits per heavy atom. The molecule has 2 atom stereocenters. The summed E-state index contributed by atoms with van der Waals surface area (Å²) < 4.78 is 3.79. The van der Waals surface area contributed by atoms with Crippen molar-refractivity contribution in [2.75, 3.05) is 0 Å². The molecule has 0 unspecified atom stereocenters. The Morgan fingerprint density at radius 3 is 3.12 bits per heavy atom. The van der Waals surface area contributed by atoms with Crippen molar-refractivity contribution in [3.05, 3.63) is 47.7 Å². The Labute approximate surface area is 145 Å². The molecule has 2 bridgehead atoms. The van der Waals surface area contributed by atoms with Gasteiger partial charge >= 0.3 is 0 Å². The van der Waals surface area contributed by atoms with Crippen LogP contribution in [0.25, 0.3) is 5.65 Å². The standard InChI is InChI=1S/C18H20N6O/c1-12-9-17-19-11-14-15-4-3-13(10-16(14)24(17)21-12)23(15)18(25)5-8-22-7-2-6-20-22/h2,6-7,9,11,13,15H,3-5,8,10H2,1H3/t13-,15+/m0/s1. The molecule has 0 saturated carbocycles. The number of amides is 1. The van der Waals surface area contributed by atoms with Crippen molar-refractivity contribution in [3.8, 4) is 0 Å². The normalized spacial score (nSPS) is 21.7. The molecule has 2 aliphatic rings. The van der Waals surface area contributed by atoms with Crippen LogP contribution in [0.5, 0.6) is 0 Å². The van der Waals surface area contributed by atoms with Crippen LogP contribution in [-0.4, -0.2) is 41.2 Å². The smallest absolute Gasteiger partial charge is 0.225 e. The van der Waals surface area contributed by atoms with Crippen LogP contribution in [0.2, 0.25) is 0 Å². The van der Waals surface area contributed by atoms with Crippen molar-refractivity contribution in [1.29, 1.82) is 0 Å². The molecular formula is C18H20N6O. The number of hydrogen-bond acceptors (Lipinski definition) is 4. The van der Waals surface area contributed by atoms with Crippen LogP contribution in [0.3, 0.4) is 0 Å². The maximum atomic E-state index is 12.9. The summed E-state index contributed by atoms with van der Waals surface area (Å²) in [6.07, 6.45) is 9.00. The van der Waals surface area contributed by atoms with E-state index in [4.69, 9.17) is 0 Å². The minimum Gasteiger partial charge on any atom is -0.332 e. The Balaban J connectivity index is 1.45. The topological polar surface area (TPSA) is 68.3 Å². The maximum Gasteiger partial charge on any atom is 0.225 e. The van der Waals surface area contributed by atoms with E-state index >= 15 is 0 Å². The van der Waals surface area contributed by atoms with Gasteiger partial charge in [0.05, 0.1) is 17.4 Å². The van der Waals surface area contributed by atoms with E-state index in [1.165, 1.54) is 5.69 Å². The van der Waals surface area contributed by atoms with Gasteiger partial charge in [0.2, 0.25) is 5.91 Å². The lowest BCUT2D eigenvalue weighted by atomic mass is 9.98. The van der Waals surface area contributed by atoms with Crippen molar-refractivity contribution in [2.24, 2.45) is 0 Å². The molecule has 2 aliphatic heterocycles. The number of nitrogens with zero attached hydrogens (tertiary/aromatic N) is 6. The lowest BCUT2D eigenvalue weighted by Crippen LogP contribution is -2.43. The van der Waals surface area contributed by atoms with Crippen molar-refractivity contribution >= 4 is 11.6 Å². The van der Waals surface area contributed by atoms with E-state index in [1.807, 2.05) is 40.6 Å². The molecule has 7 heteroatoms. The van der Waals surface area contributed by atoms with Crippen LogP contribution in [0.1, 0.15) is 42.3 Å². The van der Waals surface area contributed by atoms with Gasteiger partial charge in [0, 0.05) is 55.6 Å². The van der Waals surface area contributed by atoms with E-state index in [1.54, 1.807) is 6.20 Å². The second-order valence-corrected chi connectivity index (χ2v) is 6.99. The summed E-state index contributed by atoms with van der Waals surface area (Å²) in [5, 5.41) is 8.79. The van der Waals surface area contributed by atoms with Gasteiger partial charge < -0.3 is 4.90 Å². The average Bonchev–Trinajstić information content (AvgIpc) is 3.31. The minimum atomic E-state index is 0.139. The van der Waals surface area contributed by atoms with Crippen LogP contribution in [-0.2, 0) is 17.8 Å². The van der Waals surface area contributed by atoms with Gasteiger partial charge in [-0.25, -0.2) is 9.50 Å². The number of rotatable bonds is 3. The summed E-state index contributed by atoms with van der Waals surface area (Å²) in [5.41, 5.74) is 4.26. The van der Waals surface area contributed by atoms with Crippen LogP contribution in [0.15, 0.2) is 30.7 Å². The number of hydrogen-bond donors (Lipinski definition) is 0. The van der Waals surface area contributed by atoms with Crippen LogP contribution in [0, 0.1) is 6.92 Å². The molecule has 1 saturated heterocycles. The quantitative estimate of drug-likeness (QED) is 0.733. The minimum absolute atomic E-state index is 0.139. The fourth-order valence-electron chi connectivity index (χ4n) is 4.35. The molecule has 5 heterocycles. The molecule has 0 aromatic carbocycles. The van der Waals surface area contributed by atoms with Gasteiger partial charge in [-0.2, -0.15) is 10.2 Å². The van der Waals surface area contributed by atoms with Crippen molar-refractivity contribution in [3.63, 3.8) is 0 Å². The fourth-order valence-corrected chi connectivity index (χ4v) is 4.35. The molecule has 0 N–H and O–H groups in total. The summed E-state index contributed by atoms with van der Waals surface area (Å²) in [5.74, 6) is 0.213. The molecule has 128 valence electrons. The number of fused-ring (bicyclic) bond motifs is 6. The second kappa shape index (κ2) is 5.40. The fraction of sp³-hybridized carbons (Fsp3) is 0.444. The first-order valence-electron chi connectivity index (χ1n) is 8.83. The third kappa shape index (κ3) is 2.26. The Hall–Kier alpha value is -2.70. The van der Waals surface area contributed by atoms with Crippen molar-refractivity contribution < 1.29 is 4.79 Å². The zero-order valence-corrected chi connectivity index (χ0v) is 14.2. The number of aromatic nitrogens is 5.